The molecule has 2 N–H and O–H groups in total. The van der Waals surface area contributed by atoms with Crippen LogP contribution in [0.5, 0.6) is 0 Å². The second kappa shape index (κ2) is 9.87. The van der Waals surface area contributed by atoms with E-state index in [1.54, 1.807) is 24.3 Å². The first-order valence-corrected chi connectivity index (χ1v) is 15.1. The molecule has 0 aliphatic carbocycles. The highest BCUT2D eigenvalue weighted by Crippen LogP contribution is 2.31. The molecule has 0 unspecified atom stereocenters. The summed E-state index contributed by atoms with van der Waals surface area (Å²) >= 11 is 0. The first-order chi connectivity index (χ1) is 17.3. The van der Waals surface area contributed by atoms with Crippen LogP contribution < -0.4 is 10.0 Å². The number of aromatic nitrogens is 1. The van der Waals surface area contributed by atoms with Crippen LogP contribution in [0.15, 0.2) is 83.8 Å². The topological polar surface area (TPSA) is 114 Å². The Balaban J connectivity index is 1.66. The minimum absolute atomic E-state index is 0.181. The lowest BCUT2D eigenvalue weighted by Crippen LogP contribution is -2.13. The number of hydrogen-bond donors (Lipinski definition) is 2. The van der Waals surface area contributed by atoms with Gasteiger partial charge in [-0.05, 0) is 67.9 Å². The Labute approximate surface area is 216 Å². The van der Waals surface area contributed by atoms with E-state index in [9.17, 15) is 21.6 Å². The van der Waals surface area contributed by atoms with Crippen molar-refractivity contribution >= 4 is 37.1 Å². The van der Waals surface area contributed by atoms with Crippen LogP contribution >= 0.6 is 0 Å². The lowest BCUT2D eigenvalue weighted by molar-refractivity contribution is 0.102. The van der Waals surface area contributed by atoms with Crippen LogP contribution in [0.3, 0.4) is 0 Å². The minimum Gasteiger partial charge on any atom is -0.322 e. The molecule has 0 spiro atoms. The summed E-state index contributed by atoms with van der Waals surface area (Å²) in [6.07, 6.45) is 2.24. The molecule has 10 heteroatoms. The normalized spacial score (nSPS) is 11.8. The molecule has 0 saturated carbocycles. The molecule has 192 valence electrons. The molecule has 0 bridgehead atoms. The number of carbonyl (C=O) groups excluding carboxylic acids is 1. The van der Waals surface area contributed by atoms with Gasteiger partial charge in [-0.25, -0.2) is 16.8 Å². The van der Waals surface area contributed by atoms with E-state index >= 15 is 0 Å². The Morgan fingerprint density at radius 1 is 0.784 bits per heavy atom. The average Bonchev–Trinajstić information content (AvgIpc) is 3.12. The highest BCUT2D eigenvalue weighted by atomic mass is 32.2. The van der Waals surface area contributed by atoms with Crippen molar-refractivity contribution in [3.8, 4) is 16.8 Å². The monoisotopic (exact) mass is 537 g/mol. The number of nitrogens with one attached hydrogen (secondary N) is 2. The molecule has 1 aromatic heterocycles. The van der Waals surface area contributed by atoms with Crippen molar-refractivity contribution in [3.05, 3.63) is 95.8 Å². The smallest absolute Gasteiger partial charge is 0.257 e. The zero-order chi connectivity index (χ0) is 27.0. The Bertz CT molecular complexity index is 1690. The maximum absolute atomic E-state index is 13.1. The fourth-order valence-electron chi connectivity index (χ4n) is 4.19. The second-order valence-corrected chi connectivity index (χ2v) is 12.6. The number of sulfone groups is 1. The average molecular weight is 538 g/mol. The Kier molecular flexibility index (Phi) is 6.98. The van der Waals surface area contributed by atoms with Crippen molar-refractivity contribution in [2.75, 3.05) is 22.6 Å². The number of rotatable bonds is 7. The fraction of sp³-hybridized carbons (Fsp3) is 0.148. The van der Waals surface area contributed by atoms with E-state index in [0.717, 1.165) is 40.7 Å². The maximum Gasteiger partial charge on any atom is 0.257 e. The molecule has 0 saturated heterocycles. The molecular formula is C27H27N3O5S2. The molecule has 0 fully saturated rings. The number of amides is 1. The largest absolute Gasteiger partial charge is 0.322 e. The summed E-state index contributed by atoms with van der Waals surface area (Å²) < 4.78 is 50.9. The Morgan fingerprint density at radius 3 is 1.97 bits per heavy atom. The zero-order valence-corrected chi connectivity index (χ0v) is 22.4. The van der Waals surface area contributed by atoms with Crippen molar-refractivity contribution in [2.24, 2.45) is 0 Å². The molecule has 4 aromatic rings. The number of para-hydroxylation sites is 1. The van der Waals surface area contributed by atoms with Gasteiger partial charge in [0.05, 0.1) is 22.4 Å². The van der Waals surface area contributed by atoms with Gasteiger partial charge in [-0.2, -0.15) is 0 Å². The molecule has 1 amide bonds. The van der Waals surface area contributed by atoms with Gasteiger partial charge in [0.1, 0.15) is 0 Å². The van der Waals surface area contributed by atoms with Crippen molar-refractivity contribution in [1.29, 1.82) is 0 Å². The highest BCUT2D eigenvalue weighted by molar-refractivity contribution is 7.92. The van der Waals surface area contributed by atoms with Crippen molar-refractivity contribution in [3.63, 3.8) is 0 Å². The third-order valence-corrected chi connectivity index (χ3v) is 7.60. The predicted molar refractivity (Wildman–Crippen MR) is 147 cm³/mol. The van der Waals surface area contributed by atoms with E-state index in [-0.39, 0.29) is 10.8 Å². The maximum atomic E-state index is 13.1. The summed E-state index contributed by atoms with van der Waals surface area (Å²) in [5, 5.41) is 2.84. The van der Waals surface area contributed by atoms with Crippen molar-refractivity contribution in [2.45, 2.75) is 18.7 Å². The predicted octanol–water partition coefficient (Wildman–Crippen LogP) is 4.79. The molecule has 37 heavy (non-hydrogen) atoms. The lowest BCUT2D eigenvalue weighted by atomic mass is 10.0. The summed E-state index contributed by atoms with van der Waals surface area (Å²) in [6, 6.07) is 22.7. The van der Waals surface area contributed by atoms with Crippen LogP contribution in [0.4, 0.5) is 11.4 Å². The van der Waals surface area contributed by atoms with Gasteiger partial charge >= 0.3 is 0 Å². The van der Waals surface area contributed by atoms with Gasteiger partial charge in [0.2, 0.25) is 10.0 Å². The van der Waals surface area contributed by atoms with Crippen molar-refractivity contribution in [1.82, 2.24) is 4.57 Å². The molecular weight excluding hydrogens is 510 g/mol. The first kappa shape index (κ1) is 26.2. The van der Waals surface area contributed by atoms with Crippen LogP contribution in [0.1, 0.15) is 21.7 Å². The van der Waals surface area contributed by atoms with Gasteiger partial charge in [-0.15, -0.1) is 0 Å². The number of benzene rings is 3. The third kappa shape index (κ3) is 5.92. The van der Waals surface area contributed by atoms with Crippen LogP contribution in [0, 0.1) is 13.8 Å². The third-order valence-electron chi connectivity index (χ3n) is 5.86. The molecule has 0 aliphatic heterocycles. The van der Waals surface area contributed by atoms with Gasteiger partial charge < -0.3 is 9.88 Å². The number of sulfonamides is 1. The molecule has 0 atom stereocenters. The van der Waals surface area contributed by atoms with E-state index in [4.69, 9.17) is 0 Å². The Morgan fingerprint density at radius 2 is 1.38 bits per heavy atom. The van der Waals surface area contributed by atoms with Gasteiger partial charge in [0, 0.05) is 34.6 Å². The molecule has 4 rings (SSSR count). The zero-order valence-electron chi connectivity index (χ0n) is 20.8. The highest BCUT2D eigenvalue weighted by Gasteiger charge is 2.19. The van der Waals surface area contributed by atoms with Gasteiger partial charge in [0.15, 0.2) is 9.84 Å². The summed E-state index contributed by atoms with van der Waals surface area (Å²) in [5.41, 5.74) is 5.73. The Hall–Kier alpha value is -3.89. The van der Waals surface area contributed by atoms with E-state index in [2.05, 4.69) is 10.0 Å². The quantitative estimate of drug-likeness (QED) is 0.352. The van der Waals surface area contributed by atoms with Gasteiger partial charge in [-0.1, -0.05) is 30.3 Å². The number of aryl methyl sites for hydroxylation is 1. The summed E-state index contributed by atoms with van der Waals surface area (Å²) in [4.78, 5) is 13.3. The van der Waals surface area contributed by atoms with Crippen LogP contribution in [0.2, 0.25) is 0 Å². The van der Waals surface area contributed by atoms with E-state index < -0.39 is 19.9 Å². The summed E-state index contributed by atoms with van der Waals surface area (Å²) in [6.45, 7) is 3.78. The van der Waals surface area contributed by atoms with Crippen LogP contribution in [0.25, 0.3) is 16.8 Å². The molecule has 1 heterocycles. The van der Waals surface area contributed by atoms with Gasteiger partial charge in [-0.3, -0.25) is 9.52 Å². The number of carbonyl (C=O) groups is 1. The lowest BCUT2D eigenvalue weighted by Gasteiger charge is -2.16. The van der Waals surface area contributed by atoms with Crippen LogP contribution in [-0.4, -0.2) is 39.8 Å². The number of nitrogens with zero attached hydrogens (tertiary/aromatic N) is 1. The summed E-state index contributed by atoms with van der Waals surface area (Å²) in [7, 11) is -6.70. The second-order valence-electron chi connectivity index (χ2n) is 8.84. The number of hydrogen-bond acceptors (Lipinski definition) is 5. The molecule has 3 aromatic carbocycles. The van der Waals surface area contributed by atoms with Gasteiger partial charge in [0.25, 0.3) is 5.91 Å². The standard InChI is InChI=1S/C27H27N3O5S2/c1-18-17-25(27(31)28-21-13-15-23(16-14-21)36(3,32)33)19(2)30(18)26-8-6-5-7-24(26)20-9-11-22(12-10-20)29-37(4,34)35/h5-17,29H,1-4H3,(H,28,31). The first-order valence-electron chi connectivity index (χ1n) is 11.3. The van der Waals surface area contributed by atoms with Crippen LogP contribution in [-0.2, 0) is 19.9 Å². The molecule has 8 nitrogen and oxygen atoms in total. The molecule has 0 radical (unpaired) electrons. The number of anilines is 2. The van der Waals surface area contributed by atoms with E-state index in [0.29, 0.717) is 16.9 Å². The summed E-state index contributed by atoms with van der Waals surface area (Å²) in [5.74, 6) is -0.305. The molecule has 0 aliphatic rings. The van der Waals surface area contributed by atoms with Crippen molar-refractivity contribution < 1.29 is 21.6 Å². The fourth-order valence-corrected chi connectivity index (χ4v) is 5.39. The minimum atomic E-state index is -3.37. The van der Waals surface area contributed by atoms with E-state index in [1.165, 1.54) is 12.1 Å². The van der Waals surface area contributed by atoms with E-state index in [1.807, 2.05) is 60.9 Å². The SMILES string of the molecule is Cc1cc(C(=O)Nc2ccc(S(C)(=O)=O)cc2)c(C)n1-c1ccccc1-c1ccc(NS(C)(=O)=O)cc1.